The predicted molar refractivity (Wildman–Crippen MR) is 92.1 cm³/mol. The molecule has 3 N–H and O–H groups in total. The number of hydrogen-bond donors (Lipinski definition) is 2. The van der Waals surface area contributed by atoms with E-state index in [0.29, 0.717) is 17.7 Å². The molecule has 2 unspecified atom stereocenters. The SMILES string of the molecule is CC1CC2(N=C(N)N(C)C2=O)c2cc(-c3cncc(O)c3)ccc2O1. The van der Waals surface area contributed by atoms with E-state index in [-0.39, 0.29) is 23.7 Å². The van der Waals surface area contributed by atoms with Gasteiger partial charge in [-0.15, -0.1) is 0 Å². The van der Waals surface area contributed by atoms with Crippen molar-refractivity contribution in [1.29, 1.82) is 0 Å². The Labute approximate surface area is 144 Å². The predicted octanol–water partition coefficient (Wildman–Crippen LogP) is 1.61. The lowest BCUT2D eigenvalue weighted by Gasteiger charge is -2.35. The van der Waals surface area contributed by atoms with Crippen LogP contribution in [0.5, 0.6) is 11.5 Å². The maximum Gasteiger partial charge on any atom is 0.261 e. The first-order valence-electron chi connectivity index (χ1n) is 8.00. The molecule has 2 aromatic rings. The van der Waals surface area contributed by atoms with E-state index >= 15 is 0 Å². The van der Waals surface area contributed by atoms with Gasteiger partial charge < -0.3 is 15.6 Å². The molecule has 1 amide bonds. The summed E-state index contributed by atoms with van der Waals surface area (Å²) in [6, 6.07) is 7.18. The van der Waals surface area contributed by atoms with Crippen molar-refractivity contribution >= 4 is 11.9 Å². The van der Waals surface area contributed by atoms with Gasteiger partial charge >= 0.3 is 0 Å². The van der Waals surface area contributed by atoms with Gasteiger partial charge in [0, 0.05) is 30.8 Å². The minimum Gasteiger partial charge on any atom is -0.506 e. The summed E-state index contributed by atoms with van der Waals surface area (Å²) < 4.78 is 5.91. The summed E-state index contributed by atoms with van der Waals surface area (Å²) in [5.41, 5.74) is 7.10. The van der Waals surface area contributed by atoms with Crippen molar-refractivity contribution < 1.29 is 14.6 Å². The third-order valence-corrected chi connectivity index (χ3v) is 4.70. The number of guanidine groups is 1. The molecule has 0 bridgehead atoms. The molecule has 3 heterocycles. The molecule has 0 aliphatic carbocycles. The van der Waals surface area contributed by atoms with Gasteiger partial charge in [-0.1, -0.05) is 6.07 Å². The van der Waals surface area contributed by atoms with E-state index in [4.69, 9.17) is 10.5 Å². The van der Waals surface area contributed by atoms with Crippen molar-refractivity contribution in [3.63, 3.8) is 0 Å². The van der Waals surface area contributed by atoms with Crippen molar-refractivity contribution in [1.82, 2.24) is 9.88 Å². The van der Waals surface area contributed by atoms with Crippen LogP contribution >= 0.6 is 0 Å². The molecule has 1 spiro atoms. The van der Waals surface area contributed by atoms with Crippen molar-refractivity contribution in [2.75, 3.05) is 7.05 Å². The smallest absolute Gasteiger partial charge is 0.261 e. The number of carbonyl (C=O) groups is 1. The van der Waals surface area contributed by atoms with Crippen LogP contribution in [0.25, 0.3) is 11.1 Å². The normalized spacial score (nSPS) is 24.9. The first-order chi connectivity index (χ1) is 11.9. The van der Waals surface area contributed by atoms with Crippen molar-refractivity contribution in [2.45, 2.75) is 25.0 Å². The summed E-state index contributed by atoms with van der Waals surface area (Å²) in [5.74, 6) is 0.742. The fourth-order valence-electron chi connectivity index (χ4n) is 3.51. The number of carbonyl (C=O) groups excluding carboxylic acids is 1. The van der Waals surface area contributed by atoms with Crippen LogP contribution in [-0.2, 0) is 10.3 Å². The molecule has 4 rings (SSSR count). The molecular weight excluding hydrogens is 320 g/mol. The average molecular weight is 338 g/mol. The average Bonchev–Trinajstić information content (AvgIpc) is 2.79. The van der Waals surface area contributed by atoms with Crippen LogP contribution in [0.1, 0.15) is 18.9 Å². The van der Waals surface area contributed by atoms with Gasteiger partial charge in [-0.3, -0.25) is 14.7 Å². The minimum atomic E-state index is -1.06. The number of aromatic nitrogens is 1. The number of hydrogen-bond acceptors (Lipinski definition) is 6. The maximum atomic E-state index is 12.9. The van der Waals surface area contributed by atoms with Crippen LogP contribution in [0.15, 0.2) is 41.7 Å². The zero-order valence-electron chi connectivity index (χ0n) is 13.9. The quantitative estimate of drug-likeness (QED) is 0.822. The summed E-state index contributed by atoms with van der Waals surface area (Å²) in [6.45, 7) is 1.91. The number of aromatic hydroxyl groups is 1. The maximum absolute atomic E-state index is 12.9. The van der Waals surface area contributed by atoms with E-state index < -0.39 is 5.54 Å². The molecule has 0 saturated heterocycles. The molecular formula is C18H18N4O3. The summed E-state index contributed by atoms with van der Waals surface area (Å²) in [4.78, 5) is 22.8. The third kappa shape index (κ3) is 2.23. The molecule has 25 heavy (non-hydrogen) atoms. The molecule has 1 aromatic heterocycles. The second-order valence-corrected chi connectivity index (χ2v) is 6.47. The Balaban J connectivity index is 1.91. The zero-order chi connectivity index (χ0) is 17.8. The van der Waals surface area contributed by atoms with E-state index in [1.54, 1.807) is 19.3 Å². The summed E-state index contributed by atoms with van der Waals surface area (Å²) in [7, 11) is 1.62. The van der Waals surface area contributed by atoms with Crippen LogP contribution in [0.3, 0.4) is 0 Å². The zero-order valence-corrected chi connectivity index (χ0v) is 13.9. The van der Waals surface area contributed by atoms with Crippen LogP contribution in [-0.4, -0.2) is 40.0 Å². The molecule has 7 nitrogen and oxygen atoms in total. The Morgan fingerprint density at radius 1 is 1.32 bits per heavy atom. The molecule has 2 atom stereocenters. The fraction of sp³-hybridized carbons (Fsp3) is 0.278. The summed E-state index contributed by atoms with van der Waals surface area (Å²) in [6.07, 6.45) is 3.29. The van der Waals surface area contributed by atoms with Gasteiger partial charge in [0.15, 0.2) is 11.5 Å². The van der Waals surface area contributed by atoms with Crippen LogP contribution in [0.4, 0.5) is 0 Å². The number of pyridine rings is 1. The molecule has 7 heteroatoms. The topological polar surface area (TPSA) is 101 Å². The largest absolute Gasteiger partial charge is 0.506 e. The fourth-order valence-corrected chi connectivity index (χ4v) is 3.51. The molecule has 0 radical (unpaired) electrons. The van der Waals surface area contributed by atoms with Crippen molar-refractivity contribution in [3.8, 4) is 22.6 Å². The second kappa shape index (κ2) is 5.20. The van der Waals surface area contributed by atoms with E-state index in [1.807, 2.05) is 25.1 Å². The van der Waals surface area contributed by atoms with Crippen LogP contribution in [0, 0.1) is 0 Å². The van der Waals surface area contributed by atoms with E-state index in [0.717, 1.165) is 11.1 Å². The molecule has 128 valence electrons. The number of benzene rings is 1. The minimum absolute atomic E-state index is 0.0775. The second-order valence-electron chi connectivity index (χ2n) is 6.47. The number of likely N-dealkylation sites (N-methyl/N-ethyl adjacent to an activating group) is 1. The van der Waals surface area contributed by atoms with Crippen LogP contribution in [0.2, 0.25) is 0 Å². The number of fused-ring (bicyclic) bond motifs is 2. The number of rotatable bonds is 1. The lowest BCUT2D eigenvalue weighted by Crippen LogP contribution is -2.45. The van der Waals surface area contributed by atoms with Gasteiger partial charge in [0.1, 0.15) is 11.5 Å². The highest BCUT2D eigenvalue weighted by atomic mass is 16.5. The Morgan fingerprint density at radius 2 is 2.12 bits per heavy atom. The van der Waals surface area contributed by atoms with E-state index in [1.165, 1.54) is 11.1 Å². The van der Waals surface area contributed by atoms with Crippen LogP contribution < -0.4 is 10.5 Å². The monoisotopic (exact) mass is 338 g/mol. The van der Waals surface area contributed by atoms with Crippen molar-refractivity contribution in [2.24, 2.45) is 10.7 Å². The van der Waals surface area contributed by atoms with E-state index in [2.05, 4.69) is 9.98 Å². The number of nitrogens with two attached hydrogens (primary N) is 1. The lowest BCUT2D eigenvalue weighted by molar-refractivity contribution is -0.132. The Hall–Kier alpha value is -3.09. The van der Waals surface area contributed by atoms with Crippen molar-refractivity contribution in [3.05, 3.63) is 42.2 Å². The Kier molecular flexibility index (Phi) is 3.21. The molecule has 0 saturated carbocycles. The number of nitrogens with zero attached hydrogens (tertiary/aromatic N) is 3. The van der Waals surface area contributed by atoms with Gasteiger partial charge in [0.2, 0.25) is 0 Å². The highest BCUT2D eigenvalue weighted by Gasteiger charge is 2.52. The van der Waals surface area contributed by atoms with Gasteiger partial charge in [-0.05, 0) is 30.7 Å². The van der Waals surface area contributed by atoms with Gasteiger partial charge in [0.25, 0.3) is 5.91 Å². The molecule has 1 aromatic carbocycles. The first-order valence-corrected chi connectivity index (χ1v) is 8.00. The Morgan fingerprint density at radius 3 is 2.80 bits per heavy atom. The van der Waals surface area contributed by atoms with Gasteiger partial charge in [-0.25, -0.2) is 4.99 Å². The first kappa shape index (κ1) is 15.4. The Bertz CT molecular complexity index is 911. The standard InChI is InChI=1S/C18H18N4O3/c1-10-7-18(16(24)22(2)17(19)21-18)14-6-11(3-4-15(14)25-10)12-5-13(23)9-20-8-12/h3-6,8-10,23H,7H2,1-2H3,(H2,19,21). The summed E-state index contributed by atoms with van der Waals surface area (Å²) in [5, 5.41) is 9.68. The summed E-state index contributed by atoms with van der Waals surface area (Å²) >= 11 is 0. The highest BCUT2D eigenvalue weighted by molar-refractivity contribution is 6.07. The van der Waals surface area contributed by atoms with Gasteiger partial charge in [0.05, 0.1) is 12.3 Å². The number of amides is 1. The molecule has 2 aliphatic heterocycles. The van der Waals surface area contributed by atoms with E-state index in [9.17, 15) is 9.90 Å². The number of aliphatic imine (C=N–C) groups is 1. The third-order valence-electron chi connectivity index (χ3n) is 4.70. The lowest BCUT2D eigenvalue weighted by atomic mass is 9.81. The highest BCUT2D eigenvalue weighted by Crippen LogP contribution is 2.46. The number of ether oxygens (including phenoxy) is 1. The molecule has 2 aliphatic rings. The van der Waals surface area contributed by atoms with Gasteiger partial charge in [-0.2, -0.15) is 0 Å². The molecule has 0 fully saturated rings.